The van der Waals surface area contributed by atoms with Gasteiger partial charge in [-0.2, -0.15) is 0 Å². The normalized spacial score (nSPS) is 20.8. The first-order valence-corrected chi connectivity index (χ1v) is 12.8. The van der Waals surface area contributed by atoms with Crippen LogP contribution >= 0.6 is 0 Å². The van der Waals surface area contributed by atoms with Crippen LogP contribution in [0.5, 0.6) is 0 Å². The summed E-state index contributed by atoms with van der Waals surface area (Å²) in [7, 11) is 0. The van der Waals surface area contributed by atoms with Crippen LogP contribution in [-0.2, 0) is 12.8 Å². The minimum atomic E-state index is 0.0401. The van der Waals surface area contributed by atoms with Crippen LogP contribution in [0.25, 0.3) is 11.1 Å². The van der Waals surface area contributed by atoms with E-state index in [4.69, 9.17) is 0 Å². The van der Waals surface area contributed by atoms with E-state index < -0.39 is 0 Å². The van der Waals surface area contributed by atoms with Crippen molar-refractivity contribution in [3.05, 3.63) is 89.7 Å². The minimum Gasteiger partial charge on any atom is -0.349 e. The average Bonchev–Trinajstić information content (AvgIpc) is 3.11. The van der Waals surface area contributed by atoms with Gasteiger partial charge in [-0.15, -0.1) is 0 Å². The summed E-state index contributed by atoms with van der Waals surface area (Å²) in [4.78, 5) is 19.8. The van der Waals surface area contributed by atoms with Crippen molar-refractivity contribution in [2.45, 2.75) is 51.0 Å². The van der Waals surface area contributed by atoms with Gasteiger partial charge >= 0.3 is 0 Å². The molecule has 0 spiro atoms. The lowest BCUT2D eigenvalue weighted by atomic mass is 9.84. The van der Waals surface area contributed by atoms with Crippen LogP contribution in [0.15, 0.2) is 73.1 Å². The van der Waals surface area contributed by atoms with E-state index in [9.17, 15) is 4.79 Å². The molecule has 0 saturated heterocycles. The Morgan fingerprint density at radius 2 is 1.62 bits per heavy atom. The monoisotopic (exact) mass is 453 g/mol. The number of rotatable bonds is 6. The Kier molecular flexibility index (Phi) is 7.35. The van der Waals surface area contributed by atoms with Crippen molar-refractivity contribution in [2.75, 3.05) is 19.6 Å². The van der Waals surface area contributed by atoms with Crippen LogP contribution < -0.4 is 5.32 Å². The van der Waals surface area contributed by atoms with Crippen molar-refractivity contribution in [3.63, 3.8) is 0 Å². The molecule has 2 aromatic carbocycles. The van der Waals surface area contributed by atoms with E-state index in [1.54, 1.807) is 6.20 Å². The Labute approximate surface area is 203 Å². The molecule has 4 nitrogen and oxygen atoms in total. The largest absolute Gasteiger partial charge is 0.349 e. The molecule has 0 radical (unpaired) electrons. The number of nitrogens with one attached hydrogen (secondary N) is 1. The van der Waals surface area contributed by atoms with Gasteiger partial charge in [0.05, 0.1) is 0 Å². The molecule has 1 fully saturated rings. The number of hydrogen-bond donors (Lipinski definition) is 1. The predicted octanol–water partition coefficient (Wildman–Crippen LogP) is 5.53. The molecule has 1 aliphatic carbocycles. The third-order valence-corrected chi connectivity index (χ3v) is 7.67. The van der Waals surface area contributed by atoms with Crippen molar-refractivity contribution < 1.29 is 4.79 Å². The van der Waals surface area contributed by atoms with Crippen LogP contribution in [0.4, 0.5) is 0 Å². The van der Waals surface area contributed by atoms with E-state index in [0.717, 1.165) is 35.4 Å². The van der Waals surface area contributed by atoms with Gasteiger partial charge in [-0.25, -0.2) is 0 Å². The number of aromatic nitrogens is 1. The van der Waals surface area contributed by atoms with Crippen LogP contribution in [-0.4, -0.2) is 41.5 Å². The second kappa shape index (κ2) is 11.0. The van der Waals surface area contributed by atoms with Gasteiger partial charge in [-0.1, -0.05) is 42.5 Å². The zero-order valence-corrected chi connectivity index (χ0v) is 20.0. The summed E-state index contributed by atoms with van der Waals surface area (Å²) in [6.45, 7) is 3.57. The van der Waals surface area contributed by atoms with Gasteiger partial charge in [-0.3, -0.25) is 9.78 Å². The van der Waals surface area contributed by atoms with Crippen molar-refractivity contribution in [3.8, 4) is 11.1 Å². The van der Waals surface area contributed by atoms with Gasteiger partial charge in [-0.05, 0) is 92.3 Å². The Morgan fingerprint density at radius 3 is 2.32 bits per heavy atom. The molecule has 4 heteroatoms. The molecule has 3 aromatic rings. The Hall–Kier alpha value is -2.98. The highest BCUT2D eigenvalue weighted by Crippen LogP contribution is 2.28. The highest BCUT2D eigenvalue weighted by atomic mass is 16.1. The number of benzene rings is 2. The third kappa shape index (κ3) is 5.74. The number of hydrogen-bond acceptors (Lipinski definition) is 3. The maximum atomic E-state index is 12.9. The number of amides is 1. The molecule has 34 heavy (non-hydrogen) atoms. The van der Waals surface area contributed by atoms with Crippen LogP contribution in [0, 0.1) is 5.92 Å². The van der Waals surface area contributed by atoms with Crippen molar-refractivity contribution in [1.29, 1.82) is 0 Å². The molecule has 0 unspecified atom stereocenters. The van der Waals surface area contributed by atoms with E-state index in [2.05, 4.69) is 39.5 Å². The average molecular weight is 454 g/mol. The summed E-state index contributed by atoms with van der Waals surface area (Å²) < 4.78 is 0. The maximum Gasteiger partial charge on any atom is 0.251 e. The summed E-state index contributed by atoms with van der Waals surface area (Å²) in [6, 6.07) is 21.0. The van der Waals surface area contributed by atoms with Crippen LogP contribution in [0.2, 0.25) is 0 Å². The lowest BCUT2D eigenvalue weighted by molar-refractivity contribution is 0.0920. The topological polar surface area (TPSA) is 45.2 Å². The lowest BCUT2D eigenvalue weighted by Gasteiger charge is -2.30. The first kappa shape index (κ1) is 22.8. The van der Waals surface area contributed by atoms with E-state index >= 15 is 0 Å². The Balaban J connectivity index is 1.07. The van der Waals surface area contributed by atoms with Gasteiger partial charge in [0.15, 0.2) is 0 Å². The molecular formula is C30H35N3O. The molecule has 5 rings (SSSR count). The Morgan fingerprint density at radius 1 is 0.882 bits per heavy atom. The maximum absolute atomic E-state index is 12.9. The molecule has 176 valence electrons. The smallest absolute Gasteiger partial charge is 0.251 e. The second-order valence-electron chi connectivity index (χ2n) is 9.91. The molecule has 1 aromatic heterocycles. The SMILES string of the molecule is O=C(NC1CCC(CCN2CCc3ccccc3CC2)CC1)c1cccc(-c2cccnc2)c1. The van der Waals surface area contributed by atoms with Crippen molar-refractivity contribution >= 4 is 5.91 Å². The summed E-state index contributed by atoms with van der Waals surface area (Å²) in [5.74, 6) is 0.825. The fourth-order valence-corrected chi connectivity index (χ4v) is 5.54. The van der Waals surface area contributed by atoms with Crippen molar-refractivity contribution in [1.82, 2.24) is 15.2 Å². The molecule has 1 saturated carbocycles. The minimum absolute atomic E-state index is 0.0401. The van der Waals surface area contributed by atoms with Crippen molar-refractivity contribution in [2.24, 2.45) is 5.92 Å². The predicted molar refractivity (Wildman–Crippen MR) is 138 cm³/mol. The number of nitrogens with zero attached hydrogens (tertiary/aromatic N) is 2. The first-order chi connectivity index (χ1) is 16.7. The lowest BCUT2D eigenvalue weighted by Crippen LogP contribution is -2.38. The summed E-state index contributed by atoms with van der Waals surface area (Å²) in [5.41, 5.74) is 5.86. The van der Waals surface area contributed by atoms with E-state index in [1.165, 1.54) is 62.9 Å². The highest BCUT2D eigenvalue weighted by Gasteiger charge is 2.24. The molecule has 0 atom stereocenters. The molecule has 2 aliphatic rings. The molecule has 1 aliphatic heterocycles. The molecule has 1 N–H and O–H groups in total. The standard InChI is InChI=1S/C30H35N3O/c34-30(27-8-3-7-26(21-27)28-9-4-17-31-22-28)32-29-12-10-23(11-13-29)14-18-33-19-15-24-5-1-2-6-25(24)16-20-33/h1-9,17,21-23,29H,10-16,18-20H2,(H,32,34). The Bertz CT molecular complexity index is 1060. The third-order valence-electron chi connectivity index (χ3n) is 7.67. The fourth-order valence-electron chi connectivity index (χ4n) is 5.54. The van der Waals surface area contributed by atoms with E-state index in [1.807, 2.05) is 42.6 Å². The van der Waals surface area contributed by atoms with Gasteiger partial charge in [0.25, 0.3) is 5.91 Å². The van der Waals surface area contributed by atoms with Gasteiger partial charge in [0.1, 0.15) is 0 Å². The second-order valence-corrected chi connectivity index (χ2v) is 9.91. The van der Waals surface area contributed by atoms with Crippen LogP contribution in [0.3, 0.4) is 0 Å². The van der Waals surface area contributed by atoms with Gasteiger partial charge in [0, 0.05) is 42.7 Å². The summed E-state index contributed by atoms with van der Waals surface area (Å²) >= 11 is 0. The number of fused-ring (bicyclic) bond motifs is 1. The molecule has 2 heterocycles. The molecule has 0 bridgehead atoms. The summed E-state index contributed by atoms with van der Waals surface area (Å²) in [5, 5.41) is 3.29. The quantitative estimate of drug-likeness (QED) is 0.534. The fraction of sp³-hybridized carbons (Fsp3) is 0.400. The first-order valence-electron chi connectivity index (χ1n) is 12.8. The number of carbonyl (C=O) groups excluding carboxylic acids is 1. The zero-order valence-electron chi connectivity index (χ0n) is 20.0. The number of carbonyl (C=O) groups is 1. The van der Waals surface area contributed by atoms with Crippen LogP contribution in [0.1, 0.15) is 53.6 Å². The van der Waals surface area contributed by atoms with Gasteiger partial charge < -0.3 is 10.2 Å². The highest BCUT2D eigenvalue weighted by molar-refractivity contribution is 5.95. The molecule has 1 amide bonds. The number of pyridine rings is 1. The summed E-state index contributed by atoms with van der Waals surface area (Å²) in [6.07, 6.45) is 11.8. The zero-order chi connectivity index (χ0) is 23.2. The van der Waals surface area contributed by atoms with Gasteiger partial charge in [0.2, 0.25) is 0 Å². The molecular weight excluding hydrogens is 418 g/mol. The van der Waals surface area contributed by atoms with E-state index in [0.29, 0.717) is 6.04 Å². The van der Waals surface area contributed by atoms with E-state index in [-0.39, 0.29) is 5.91 Å².